The fraction of sp³-hybridized carbons (Fsp3) is 1.00. The summed E-state index contributed by atoms with van der Waals surface area (Å²) in [5, 5.41) is 3.23. The average molecular weight is 202 g/mol. The second-order valence-corrected chi connectivity index (χ2v) is 3.39. The normalized spacial score (nSPS) is 30.6. The maximum absolute atomic E-state index is 5.62. The highest BCUT2D eigenvalue weighted by atomic mass is 16.5. The first kappa shape index (κ1) is 13.9. The van der Waals surface area contributed by atoms with Crippen LogP contribution in [-0.4, -0.2) is 43.9 Å². The highest BCUT2D eigenvalue weighted by Crippen LogP contribution is 2.25. The summed E-state index contributed by atoms with van der Waals surface area (Å²) >= 11 is 0. The molecule has 2 saturated heterocycles. The maximum Gasteiger partial charge on any atom is 0.0975 e. The van der Waals surface area contributed by atoms with E-state index in [-0.39, 0.29) is 5.60 Å². The first-order valence-electron chi connectivity index (χ1n) is 5.84. The molecule has 86 valence electrons. The molecule has 0 saturated carbocycles. The number of nitrogens with zero attached hydrogens (tertiary/aromatic N) is 1. The van der Waals surface area contributed by atoms with Gasteiger partial charge in [0, 0.05) is 19.6 Å². The molecule has 2 rings (SSSR count). The Balaban J connectivity index is 0.000000379. The van der Waals surface area contributed by atoms with Gasteiger partial charge in [-0.3, -0.25) is 5.32 Å². The smallest absolute Gasteiger partial charge is 0.0975 e. The van der Waals surface area contributed by atoms with Crippen molar-refractivity contribution < 1.29 is 4.74 Å². The third kappa shape index (κ3) is 3.56. The van der Waals surface area contributed by atoms with Crippen LogP contribution in [0.25, 0.3) is 0 Å². The van der Waals surface area contributed by atoms with Crippen molar-refractivity contribution in [2.45, 2.75) is 39.7 Å². The quantitative estimate of drug-likeness (QED) is 0.647. The van der Waals surface area contributed by atoms with Gasteiger partial charge in [0.25, 0.3) is 0 Å². The molecule has 0 aromatic carbocycles. The molecule has 3 nitrogen and oxygen atoms in total. The molecule has 0 aliphatic carbocycles. The lowest BCUT2D eigenvalue weighted by Gasteiger charge is -2.20. The minimum absolute atomic E-state index is 0.175. The van der Waals surface area contributed by atoms with Crippen molar-refractivity contribution in [1.29, 1.82) is 0 Å². The molecule has 0 amide bonds. The molecule has 2 aliphatic rings. The Morgan fingerprint density at radius 1 is 1.21 bits per heavy atom. The van der Waals surface area contributed by atoms with Gasteiger partial charge in [-0.15, -0.1) is 0 Å². The highest BCUT2D eigenvalue weighted by molar-refractivity contribution is 4.94. The van der Waals surface area contributed by atoms with Crippen molar-refractivity contribution in [1.82, 2.24) is 10.2 Å². The van der Waals surface area contributed by atoms with Crippen LogP contribution in [0, 0.1) is 0 Å². The van der Waals surface area contributed by atoms with E-state index in [0.717, 1.165) is 19.8 Å². The SMILES string of the molecule is CC.CC.CN1CCC2(CNCO2)C1. The van der Waals surface area contributed by atoms with Crippen LogP contribution in [0.4, 0.5) is 0 Å². The largest absolute Gasteiger partial charge is 0.357 e. The average Bonchev–Trinajstić information content (AvgIpc) is 2.84. The van der Waals surface area contributed by atoms with Crippen LogP contribution in [0.2, 0.25) is 0 Å². The zero-order valence-electron chi connectivity index (χ0n) is 10.4. The van der Waals surface area contributed by atoms with Crippen LogP contribution in [0.15, 0.2) is 0 Å². The number of nitrogens with one attached hydrogen (secondary N) is 1. The molecular weight excluding hydrogens is 176 g/mol. The van der Waals surface area contributed by atoms with E-state index in [4.69, 9.17) is 4.74 Å². The zero-order chi connectivity index (χ0) is 11.0. The van der Waals surface area contributed by atoms with Crippen molar-refractivity contribution in [2.75, 3.05) is 33.4 Å². The maximum atomic E-state index is 5.62. The van der Waals surface area contributed by atoms with E-state index < -0.39 is 0 Å². The second kappa shape index (κ2) is 7.21. The zero-order valence-corrected chi connectivity index (χ0v) is 10.4. The molecule has 1 atom stereocenters. The van der Waals surface area contributed by atoms with Gasteiger partial charge in [-0.25, -0.2) is 0 Å². The summed E-state index contributed by atoms with van der Waals surface area (Å²) in [7, 11) is 2.15. The molecule has 0 radical (unpaired) electrons. The van der Waals surface area contributed by atoms with E-state index >= 15 is 0 Å². The fourth-order valence-electron chi connectivity index (χ4n) is 1.84. The van der Waals surface area contributed by atoms with E-state index in [9.17, 15) is 0 Å². The molecule has 1 spiro atoms. The van der Waals surface area contributed by atoms with E-state index in [1.54, 1.807) is 0 Å². The predicted octanol–water partition coefficient (Wildman–Crippen LogP) is 1.69. The molecule has 0 aromatic rings. The number of ether oxygens (including phenoxy) is 1. The Kier molecular flexibility index (Phi) is 7.15. The highest BCUT2D eigenvalue weighted by Gasteiger charge is 2.40. The van der Waals surface area contributed by atoms with Gasteiger partial charge in [0.05, 0.1) is 12.3 Å². The van der Waals surface area contributed by atoms with Crippen molar-refractivity contribution in [3.05, 3.63) is 0 Å². The van der Waals surface area contributed by atoms with Gasteiger partial charge < -0.3 is 9.64 Å². The van der Waals surface area contributed by atoms with Gasteiger partial charge in [-0.1, -0.05) is 27.7 Å². The number of likely N-dealkylation sites (N-methyl/N-ethyl adjacent to an activating group) is 1. The molecule has 0 bridgehead atoms. The lowest BCUT2D eigenvalue weighted by atomic mass is 10.0. The predicted molar refractivity (Wildman–Crippen MR) is 61.5 cm³/mol. The van der Waals surface area contributed by atoms with Crippen LogP contribution in [0.3, 0.4) is 0 Å². The van der Waals surface area contributed by atoms with Gasteiger partial charge in [0.2, 0.25) is 0 Å². The Labute approximate surface area is 88.8 Å². The van der Waals surface area contributed by atoms with E-state index in [0.29, 0.717) is 0 Å². The number of rotatable bonds is 0. The van der Waals surface area contributed by atoms with Gasteiger partial charge in [-0.2, -0.15) is 0 Å². The molecule has 3 heteroatoms. The third-order valence-corrected chi connectivity index (χ3v) is 2.43. The van der Waals surface area contributed by atoms with E-state index in [1.165, 1.54) is 13.0 Å². The molecule has 2 aliphatic heterocycles. The van der Waals surface area contributed by atoms with Crippen molar-refractivity contribution in [3.8, 4) is 0 Å². The number of hydrogen-bond donors (Lipinski definition) is 1. The van der Waals surface area contributed by atoms with Crippen LogP contribution >= 0.6 is 0 Å². The topological polar surface area (TPSA) is 24.5 Å². The van der Waals surface area contributed by atoms with E-state index in [2.05, 4.69) is 17.3 Å². The summed E-state index contributed by atoms with van der Waals surface area (Å²) in [6.45, 7) is 12.1. The molecule has 0 aromatic heterocycles. The first-order chi connectivity index (χ1) is 6.81. The summed E-state index contributed by atoms with van der Waals surface area (Å²) in [6, 6.07) is 0. The number of likely N-dealkylation sites (tertiary alicyclic amines) is 1. The first-order valence-corrected chi connectivity index (χ1v) is 5.84. The third-order valence-electron chi connectivity index (χ3n) is 2.43. The van der Waals surface area contributed by atoms with E-state index in [1.807, 2.05) is 27.7 Å². The molecule has 14 heavy (non-hydrogen) atoms. The molecule has 1 unspecified atom stereocenters. The van der Waals surface area contributed by atoms with Crippen LogP contribution in [0.5, 0.6) is 0 Å². The van der Waals surface area contributed by atoms with Crippen LogP contribution in [-0.2, 0) is 4.74 Å². The van der Waals surface area contributed by atoms with Gasteiger partial charge >= 0.3 is 0 Å². The van der Waals surface area contributed by atoms with Crippen LogP contribution < -0.4 is 5.32 Å². The van der Waals surface area contributed by atoms with Crippen molar-refractivity contribution in [2.24, 2.45) is 0 Å². The summed E-state index contributed by atoms with van der Waals surface area (Å²) in [5.74, 6) is 0. The van der Waals surface area contributed by atoms with Crippen molar-refractivity contribution >= 4 is 0 Å². The molecule has 2 fully saturated rings. The lowest BCUT2D eigenvalue weighted by Crippen LogP contribution is -2.35. The van der Waals surface area contributed by atoms with Crippen LogP contribution in [0.1, 0.15) is 34.1 Å². The van der Waals surface area contributed by atoms with Crippen molar-refractivity contribution in [3.63, 3.8) is 0 Å². The minimum Gasteiger partial charge on any atom is -0.357 e. The Bertz CT molecular complexity index is 133. The van der Waals surface area contributed by atoms with Gasteiger partial charge in [0.1, 0.15) is 0 Å². The molecule has 2 heterocycles. The Hall–Kier alpha value is -0.120. The minimum atomic E-state index is 0.175. The fourth-order valence-corrected chi connectivity index (χ4v) is 1.84. The molecular formula is C11H26N2O. The Morgan fingerprint density at radius 2 is 1.86 bits per heavy atom. The standard InChI is InChI=1S/C7H14N2O.2C2H6/c1-9-3-2-7(5-9)4-8-6-10-7;2*1-2/h8H,2-6H2,1H3;2*1-2H3. The monoisotopic (exact) mass is 202 g/mol. The summed E-state index contributed by atoms with van der Waals surface area (Å²) in [6.07, 6.45) is 1.19. The Morgan fingerprint density at radius 3 is 2.21 bits per heavy atom. The molecule has 1 N–H and O–H groups in total. The summed E-state index contributed by atoms with van der Waals surface area (Å²) < 4.78 is 5.62. The second-order valence-electron chi connectivity index (χ2n) is 3.39. The van der Waals surface area contributed by atoms with Gasteiger partial charge in [-0.05, 0) is 13.5 Å². The summed E-state index contributed by atoms with van der Waals surface area (Å²) in [5.41, 5.74) is 0.175. The van der Waals surface area contributed by atoms with Gasteiger partial charge in [0.15, 0.2) is 0 Å². The lowest BCUT2D eigenvalue weighted by molar-refractivity contribution is 0.0210. The number of hydrogen-bond acceptors (Lipinski definition) is 3. The summed E-state index contributed by atoms with van der Waals surface area (Å²) in [4.78, 5) is 2.33.